The second-order valence-corrected chi connectivity index (χ2v) is 14.7. The number of carbonyl (C=O) groups is 1. The molecular formula is C40H75O9P. The van der Waals surface area contributed by atoms with Crippen molar-refractivity contribution in [2.45, 2.75) is 180 Å². The summed E-state index contributed by atoms with van der Waals surface area (Å²) in [5.41, 5.74) is 0. The maximum atomic E-state index is 12.6. The number of esters is 1. The first-order valence-electron chi connectivity index (χ1n) is 20.0. The van der Waals surface area contributed by atoms with E-state index in [-0.39, 0.29) is 25.6 Å². The van der Waals surface area contributed by atoms with E-state index in [0.717, 1.165) is 64.2 Å². The highest BCUT2D eigenvalue weighted by molar-refractivity contribution is 7.47. The summed E-state index contributed by atoms with van der Waals surface area (Å²) in [6.07, 6.45) is 38.1. The Hall–Kier alpha value is -1.32. The minimum atomic E-state index is -4.51. The van der Waals surface area contributed by atoms with Gasteiger partial charge in [0.05, 0.1) is 26.4 Å². The minimum Gasteiger partial charge on any atom is -0.457 e. The average Bonchev–Trinajstić information content (AvgIpc) is 3.10. The lowest BCUT2D eigenvalue weighted by atomic mass is 10.0. The molecule has 0 aromatic carbocycles. The molecule has 50 heavy (non-hydrogen) atoms. The highest BCUT2D eigenvalue weighted by atomic mass is 31.2. The molecule has 10 heteroatoms. The molecule has 0 saturated carbocycles. The van der Waals surface area contributed by atoms with Gasteiger partial charge < -0.3 is 24.6 Å². The van der Waals surface area contributed by atoms with Crippen LogP contribution >= 0.6 is 7.82 Å². The largest absolute Gasteiger partial charge is 0.472 e. The highest BCUT2D eigenvalue weighted by Crippen LogP contribution is 2.43. The van der Waals surface area contributed by atoms with Crippen molar-refractivity contribution in [3.8, 4) is 0 Å². The van der Waals surface area contributed by atoms with Crippen molar-refractivity contribution in [1.29, 1.82) is 0 Å². The van der Waals surface area contributed by atoms with Gasteiger partial charge in [0.25, 0.3) is 0 Å². The first-order chi connectivity index (χ1) is 24.3. The SMILES string of the molecule is CC/C=C\C/C=C\C/C=C\CCCCCCCCOCC(COP(=O)(O)OCC(O)CO)OC(=O)CCCCCCCCCCCCCCC. The lowest BCUT2D eigenvalue weighted by molar-refractivity contribution is -0.154. The number of carbonyl (C=O) groups excluding carboxylic acids is 1. The van der Waals surface area contributed by atoms with Crippen LogP contribution in [0.5, 0.6) is 0 Å². The number of hydrogen-bond donors (Lipinski definition) is 3. The third-order valence-electron chi connectivity index (χ3n) is 8.34. The Kier molecular flexibility index (Phi) is 36.4. The topological polar surface area (TPSA) is 132 Å². The van der Waals surface area contributed by atoms with Crippen LogP contribution in [0.1, 0.15) is 168 Å². The fourth-order valence-corrected chi connectivity index (χ4v) is 6.10. The normalized spacial score (nSPS) is 14.6. The Morgan fingerprint density at radius 2 is 1.14 bits per heavy atom. The summed E-state index contributed by atoms with van der Waals surface area (Å²) in [5, 5.41) is 18.3. The van der Waals surface area contributed by atoms with Gasteiger partial charge in [0.15, 0.2) is 0 Å². The van der Waals surface area contributed by atoms with Crippen molar-refractivity contribution in [2.24, 2.45) is 0 Å². The molecule has 0 aliphatic rings. The second-order valence-electron chi connectivity index (χ2n) is 13.3. The van der Waals surface area contributed by atoms with E-state index in [1.165, 1.54) is 83.5 Å². The molecule has 0 fully saturated rings. The number of aliphatic hydroxyl groups is 2. The third kappa shape index (κ3) is 36.5. The fourth-order valence-electron chi connectivity index (χ4n) is 5.31. The van der Waals surface area contributed by atoms with Crippen molar-refractivity contribution in [3.63, 3.8) is 0 Å². The Balaban J connectivity index is 4.22. The van der Waals surface area contributed by atoms with E-state index in [9.17, 15) is 19.4 Å². The highest BCUT2D eigenvalue weighted by Gasteiger charge is 2.26. The standard InChI is InChI=1S/C40H75O9P/c1-3-5-7-9-11-13-15-17-18-19-21-23-25-27-29-31-33-46-36-39(37-48-50(44,45)47-35-38(42)34-41)49-40(43)32-30-28-26-24-22-20-16-14-12-10-8-6-4-2/h5,7,11,13,17-18,38-39,41-42H,3-4,6,8-10,12,14-16,19-37H2,1-2H3,(H,44,45)/b7-5-,13-11-,18-17-. The molecule has 0 radical (unpaired) electrons. The molecule has 3 atom stereocenters. The molecule has 0 saturated heterocycles. The maximum Gasteiger partial charge on any atom is 0.472 e. The van der Waals surface area contributed by atoms with Crippen LogP contribution in [0.2, 0.25) is 0 Å². The van der Waals surface area contributed by atoms with Crippen molar-refractivity contribution >= 4 is 13.8 Å². The first-order valence-corrected chi connectivity index (χ1v) is 21.5. The number of unbranched alkanes of at least 4 members (excludes halogenated alkanes) is 18. The molecule has 294 valence electrons. The average molecular weight is 731 g/mol. The predicted octanol–water partition coefficient (Wildman–Crippen LogP) is 10.5. The van der Waals surface area contributed by atoms with Crippen LogP contribution in [0.15, 0.2) is 36.5 Å². The van der Waals surface area contributed by atoms with Crippen molar-refractivity contribution in [1.82, 2.24) is 0 Å². The molecule has 3 unspecified atom stereocenters. The molecule has 0 aromatic rings. The molecule has 9 nitrogen and oxygen atoms in total. The van der Waals surface area contributed by atoms with Crippen LogP contribution in [0.3, 0.4) is 0 Å². The predicted molar refractivity (Wildman–Crippen MR) is 205 cm³/mol. The molecule has 0 aliphatic heterocycles. The molecule has 0 spiro atoms. The number of aliphatic hydroxyl groups excluding tert-OH is 2. The summed E-state index contributed by atoms with van der Waals surface area (Å²) in [5.74, 6) is -0.388. The molecule has 0 heterocycles. The molecule has 0 bridgehead atoms. The maximum absolute atomic E-state index is 12.6. The Bertz CT molecular complexity index is 877. The summed E-state index contributed by atoms with van der Waals surface area (Å²) in [4.78, 5) is 22.5. The van der Waals surface area contributed by atoms with E-state index < -0.39 is 33.2 Å². The van der Waals surface area contributed by atoms with Crippen molar-refractivity contribution < 1.29 is 43.0 Å². The summed E-state index contributed by atoms with van der Waals surface area (Å²) < 4.78 is 33.3. The van der Waals surface area contributed by atoms with Gasteiger partial charge in [-0.2, -0.15) is 0 Å². The summed E-state index contributed by atoms with van der Waals surface area (Å²) in [6.45, 7) is 3.38. The van der Waals surface area contributed by atoms with Gasteiger partial charge in [-0.15, -0.1) is 0 Å². The van der Waals surface area contributed by atoms with E-state index in [1.54, 1.807) is 0 Å². The lowest BCUT2D eigenvalue weighted by Gasteiger charge is -2.20. The van der Waals surface area contributed by atoms with Gasteiger partial charge in [-0.3, -0.25) is 13.8 Å². The van der Waals surface area contributed by atoms with E-state index in [0.29, 0.717) is 6.61 Å². The Labute approximate surface area is 305 Å². The van der Waals surface area contributed by atoms with Crippen LogP contribution in [-0.2, 0) is 27.9 Å². The van der Waals surface area contributed by atoms with E-state index in [2.05, 4.69) is 50.3 Å². The summed E-state index contributed by atoms with van der Waals surface area (Å²) in [7, 11) is -4.51. The zero-order valence-electron chi connectivity index (χ0n) is 31.9. The van der Waals surface area contributed by atoms with Crippen LogP contribution in [0.25, 0.3) is 0 Å². The lowest BCUT2D eigenvalue weighted by Crippen LogP contribution is -2.29. The van der Waals surface area contributed by atoms with Crippen LogP contribution < -0.4 is 0 Å². The molecule has 0 aliphatic carbocycles. The number of ether oxygens (including phenoxy) is 2. The number of phosphoric ester groups is 1. The zero-order valence-corrected chi connectivity index (χ0v) is 32.8. The Morgan fingerprint density at radius 1 is 0.640 bits per heavy atom. The van der Waals surface area contributed by atoms with Gasteiger partial charge in [-0.1, -0.05) is 153 Å². The number of phosphoric acid groups is 1. The van der Waals surface area contributed by atoms with E-state index in [1.807, 2.05) is 0 Å². The van der Waals surface area contributed by atoms with Crippen molar-refractivity contribution in [3.05, 3.63) is 36.5 Å². The van der Waals surface area contributed by atoms with E-state index >= 15 is 0 Å². The first kappa shape index (κ1) is 48.7. The minimum absolute atomic E-state index is 0.0422. The number of rotatable bonds is 38. The van der Waals surface area contributed by atoms with Gasteiger partial charge in [0, 0.05) is 13.0 Å². The Morgan fingerprint density at radius 3 is 1.72 bits per heavy atom. The van der Waals surface area contributed by atoms with Gasteiger partial charge in [0.2, 0.25) is 0 Å². The van der Waals surface area contributed by atoms with Crippen molar-refractivity contribution in [2.75, 3.05) is 33.0 Å². The van der Waals surface area contributed by atoms with Gasteiger partial charge in [-0.05, 0) is 44.9 Å². The van der Waals surface area contributed by atoms with Crippen LogP contribution in [-0.4, -0.2) is 66.3 Å². The van der Waals surface area contributed by atoms with Crippen LogP contribution in [0.4, 0.5) is 0 Å². The van der Waals surface area contributed by atoms with Gasteiger partial charge >= 0.3 is 13.8 Å². The smallest absolute Gasteiger partial charge is 0.457 e. The third-order valence-corrected chi connectivity index (χ3v) is 9.29. The molecule has 0 rings (SSSR count). The number of hydrogen-bond acceptors (Lipinski definition) is 8. The second kappa shape index (κ2) is 37.4. The zero-order chi connectivity index (χ0) is 36.8. The van der Waals surface area contributed by atoms with E-state index in [4.69, 9.17) is 23.6 Å². The monoisotopic (exact) mass is 731 g/mol. The quantitative estimate of drug-likeness (QED) is 0.0246. The van der Waals surface area contributed by atoms with Crippen LogP contribution in [0, 0.1) is 0 Å². The molecule has 0 aromatic heterocycles. The number of allylic oxidation sites excluding steroid dienone is 6. The van der Waals surface area contributed by atoms with Gasteiger partial charge in [0.1, 0.15) is 12.2 Å². The van der Waals surface area contributed by atoms with Gasteiger partial charge in [-0.25, -0.2) is 4.57 Å². The molecular weight excluding hydrogens is 655 g/mol. The molecule has 0 amide bonds. The summed E-state index contributed by atoms with van der Waals surface area (Å²) in [6, 6.07) is 0. The molecule has 3 N–H and O–H groups in total. The fraction of sp³-hybridized carbons (Fsp3) is 0.825. The summed E-state index contributed by atoms with van der Waals surface area (Å²) >= 11 is 0.